The molecule has 0 atom stereocenters. The van der Waals surface area contributed by atoms with Gasteiger partial charge in [0.05, 0.1) is 10.4 Å². The van der Waals surface area contributed by atoms with E-state index in [-0.39, 0.29) is 0 Å². The first kappa shape index (κ1) is 24.0. The molecule has 3 heterocycles. The lowest BCUT2D eigenvalue weighted by molar-refractivity contribution is 0.669. The average molecular weight is 578 g/mol. The zero-order chi connectivity index (χ0) is 28.8. The summed E-state index contributed by atoms with van der Waals surface area (Å²) in [7, 11) is 0. The van der Waals surface area contributed by atoms with Crippen molar-refractivity contribution in [2.24, 2.45) is 0 Å². The molecule has 0 saturated carbocycles. The number of fused-ring (bicyclic) bond motifs is 12. The first-order valence-electron chi connectivity index (χ1n) is 14.9. The molecule has 0 N–H and O–H groups in total. The Balaban J connectivity index is 1.16. The minimum absolute atomic E-state index is 0.909. The minimum Gasteiger partial charge on any atom is -0.456 e. The monoisotopic (exact) mass is 577 g/mol. The summed E-state index contributed by atoms with van der Waals surface area (Å²) in [6, 6.07) is 48.0. The van der Waals surface area contributed by atoms with Gasteiger partial charge in [0.15, 0.2) is 0 Å². The SMILES string of the molecule is c1ccc(-c2cc3c(cn2)sc2ccc(-c4ccc5c(c4)oc4cc6c7ccccc7c7ccccc7c6cc45)cc23)cc1. The molecule has 0 aliphatic heterocycles. The van der Waals surface area contributed by atoms with Gasteiger partial charge in [0.25, 0.3) is 0 Å². The summed E-state index contributed by atoms with van der Waals surface area (Å²) in [6.07, 6.45) is 2.01. The van der Waals surface area contributed by atoms with Gasteiger partial charge in [0.2, 0.25) is 0 Å². The van der Waals surface area contributed by atoms with Gasteiger partial charge in [-0.25, -0.2) is 0 Å². The van der Waals surface area contributed by atoms with Gasteiger partial charge in [-0.3, -0.25) is 4.98 Å². The predicted molar refractivity (Wildman–Crippen MR) is 188 cm³/mol. The number of hydrogen-bond donors (Lipinski definition) is 0. The second-order valence-electron chi connectivity index (χ2n) is 11.5. The zero-order valence-corrected chi connectivity index (χ0v) is 24.4. The fourth-order valence-corrected chi connectivity index (χ4v) is 8.02. The Morgan fingerprint density at radius 3 is 1.77 bits per heavy atom. The van der Waals surface area contributed by atoms with E-state index in [1.165, 1.54) is 58.1 Å². The minimum atomic E-state index is 0.909. The highest BCUT2D eigenvalue weighted by molar-refractivity contribution is 7.25. The molecule has 3 heteroatoms. The molecule has 10 rings (SSSR count). The molecule has 0 bridgehead atoms. The summed E-state index contributed by atoms with van der Waals surface area (Å²) in [5.41, 5.74) is 6.29. The number of aromatic nitrogens is 1. The molecule has 0 unspecified atom stereocenters. The topological polar surface area (TPSA) is 26.0 Å². The van der Waals surface area contributed by atoms with Gasteiger partial charge in [-0.1, -0.05) is 91.0 Å². The van der Waals surface area contributed by atoms with E-state index in [2.05, 4.69) is 127 Å². The molecule has 0 fully saturated rings. The van der Waals surface area contributed by atoms with Crippen molar-refractivity contribution in [1.82, 2.24) is 4.98 Å². The Labute approximate surface area is 256 Å². The molecule has 3 aromatic heterocycles. The number of thiophene rings is 1. The fourth-order valence-electron chi connectivity index (χ4n) is 6.98. The molecule has 44 heavy (non-hydrogen) atoms. The Hall–Kier alpha value is -5.51. The van der Waals surface area contributed by atoms with E-state index in [4.69, 9.17) is 9.40 Å². The largest absolute Gasteiger partial charge is 0.456 e. The number of furan rings is 1. The molecule has 0 spiro atoms. The maximum atomic E-state index is 6.58. The van der Waals surface area contributed by atoms with Crippen molar-refractivity contribution in [2.75, 3.05) is 0 Å². The van der Waals surface area contributed by atoms with Crippen molar-refractivity contribution < 1.29 is 4.42 Å². The van der Waals surface area contributed by atoms with Crippen molar-refractivity contribution in [2.45, 2.75) is 0 Å². The first-order chi connectivity index (χ1) is 21.8. The molecule has 0 radical (unpaired) electrons. The third kappa shape index (κ3) is 3.45. The maximum absolute atomic E-state index is 6.58. The van der Waals surface area contributed by atoms with Crippen LogP contribution in [0.4, 0.5) is 0 Å². The third-order valence-electron chi connectivity index (χ3n) is 9.10. The van der Waals surface area contributed by atoms with Crippen LogP contribution >= 0.6 is 11.3 Å². The number of nitrogens with zero attached hydrogens (tertiary/aromatic N) is 1. The van der Waals surface area contributed by atoms with E-state index in [9.17, 15) is 0 Å². The van der Waals surface area contributed by atoms with Crippen LogP contribution in [-0.4, -0.2) is 4.98 Å². The van der Waals surface area contributed by atoms with Crippen LogP contribution in [-0.2, 0) is 0 Å². The third-order valence-corrected chi connectivity index (χ3v) is 10.2. The van der Waals surface area contributed by atoms with Crippen molar-refractivity contribution in [3.05, 3.63) is 140 Å². The molecular formula is C41H23NOS. The Morgan fingerprint density at radius 1 is 0.386 bits per heavy atom. The molecule has 10 aromatic rings. The standard InChI is InChI=1S/C41H23NOS/c1-2-8-24(9-3-1)37-21-36-35-18-25(15-17-40(35)44-41(36)23-42-37)26-14-16-31-34-20-32-29-12-6-4-10-27(29)28-11-5-7-13-30(28)33(32)22-39(34)43-38(31)19-26/h1-23H. The van der Waals surface area contributed by atoms with Crippen LogP contribution in [0.2, 0.25) is 0 Å². The van der Waals surface area contributed by atoms with Crippen LogP contribution in [0.15, 0.2) is 144 Å². The molecule has 2 nitrogen and oxygen atoms in total. The number of benzene rings is 7. The molecular weight excluding hydrogens is 555 g/mol. The van der Waals surface area contributed by atoms with Gasteiger partial charge in [-0.15, -0.1) is 11.3 Å². The summed E-state index contributed by atoms with van der Waals surface area (Å²) in [6.45, 7) is 0. The molecule has 0 amide bonds. The quantitative estimate of drug-likeness (QED) is 0.191. The van der Waals surface area contributed by atoms with Crippen LogP contribution in [0.3, 0.4) is 0 Å². The van der Waals surface area contributed by atoms with Gasteiger partial charge < -0.3 is 4.42 Å². The number of hydrogen-bond acceptors (Lipinski definition) is 3. The normalized spacial score (nSPS) is 12.1. The molecule has 0 saturated heterocycles. The van der Waals surface area contributed by atoms with Gasteiger partial charge in [0, 0.05) is 38.0 Å². The average Bonchev–Trinajstić information content (AvgIpc) is 3.64. The highest BCUT2D eigenvalue weighted by Gasteiger charge is 2.15. The van der Waals surface area contributed by atoms with Crippen LogP contribution in [0.1, 0.15) is 0 Å². The van der Waals surface area contributed by atoms with E-state index in [1.54, 1.807) is 11.3 Å². The van der Waals surface area contributed by atoms with E-state index in [1.807, 2.05) is 12.3 Å². The smallest absolute Gasteiger partial charge is 0.136 e. The van der Waals surface area contributed by atoms with Gasteiger partial charge in [-0.05, 0) is 85.9 Å². The molecule has 0 aliphatic rings. The van der Waals surface area contributed by atoms with E-state index < -0.39 is 0 Å². The maximum Gasteiger partial charge on any atom is 0.136 e. The number of pyridine rings is 1. The fraction of sp³-hybridized carbons (Fsp3) is 0. The second-order valence-corrected chi connectivity index (χ2v) is 12.6. The molecule has 204 valence electrons. The van der Waals surface area contributed by atoms with Crippen LogP contribution in [0, 0.1) is 0 Å². The van der Waals surface area contributed by atoms with Crippen molar-refractivity contribution >= 4 is 85.8 Å². The van der Waals surface area contributed by atoms with Crippen LogP contribution < -0.4 is 0 Å². The summed E-state index contributed by atoms with van der Waals surface area (Å²) >= 11 is 1.80. The zero-order valence-electron chi connectivity index (χ0n) is 23.5. The lowest BCUT2D eigenvalue weighted by Crippen LogP contribution is -1.83. The summed E-state index contributed by atoms with van der Waals surface area (Å²) < 4.78 is 9.06. The van der Waals surface area contributed by atoms with E-state index >= 15 is 0 Å². The highest BCUT2D eigenvalue weighted by atomic mass is 32.1. The van der Waals surface area contributed by atoms with Crippen molar-refractivity contribution in [1.29, 1.82) is 0 Å². The summed E-state index contributed by atoms with van der Waals surface area (Å²) in [5.74, 6) is 0. The van der Waals surface area contributed by atoms with Crippen molar-refractivity contribution in [3.8, 4) is 22.4 Å². The Bertz CT molecular complexity index is 2770. The Kier molecular flexibility index (Phi) is 4.90. The lowest BCUT2D eigenvalue weighted by Gasteiger charge is -2.10. The summed E-state index contributed by atoms with van der Waals surface area (Å²) in [4.78, 5) is 4.76. The highest BCUT2D eigenvalue weighted by Crippen LogP contribution is 2.42. The molecule has 0 aliphatic carbocycles. The molecule has 7 aromatic carbocycles. The Morgan fingerprint density at radius 2 is 1.00 bits per heavy atom. The van der Waals surface area contributed by atoms with Crippen LogP contribution in [0.5, 0.6) is 0 Å². The van der Waals surface area contributed by atoms with Crippen molar-refractivity contribution in [3.63, 3.8) is 0 Å². The van der Waals surface area contributed by atoms with Gasteiger partial charge in [-0.2, -0.15) is 0 Å². The van der Waals surface area contributed by atoms with Gasteiger partial charge in [0.1, 0.15) is 11.2 Å². The van der Waals surface area contributed by atoms with Crippen LogP contribution in [0.25, 0.3) is 96.8 Å². The van der Waals surface area contributed by atoms with Gasteiger partial charge >= 0.3 is 0 Å². The predicted octanol–water partition coefficient (Wildman–Crippen LogP) is 12.1. The summed E-state index contributed by atoms with van der Waals surface area (Å²) in [5, 5.41) is 12.4. The lowest BCUT2D eigenvalue weighted by atomic mass is 9.93. The number of rotatable bonds is 2. The second kappa shape index (κ2) is 9.00. The van der Waals surface area contributed by atoms with E-state index in [0.29, 0.717) is 0 Å². The van der Waals surface area contributed by atoms with E-state index in [0.717, 1.165) is 38.8 Å². The first-order valence-corrected chi connectivity index (χ1v) is 15.7.